The Balaban J connectivity index is 2.39. The van der Waals surface area contributed by atoms with Gasteiger partial charge in [0.25, 0.3) is 0 Å². The second-order valence-electron chi connectivity index (χ2n) is 4.36. The molecule has 1 atom stereocenters. The first-order chi connectivity index (χ1) is 8.27. The highest BCUT2D eigenvalue weighted by Gasteiger charge is 2.14. The van der Waals surface area contributed by atoms with E-state index in [2.05, 4.69) is 59.6 Å². The van der Waals surface area contributed by atoms with E-state index in [9.17, 15) is 0 Å². The largest absolute Gasteiger partial charge is 0.350 e. The zero-order valence-electron chi connectivity index (χ0n) is 10.8. The van der Waals surface area contributed by atoms with E-state index in [0.717, 1.165) is 13.1 Å². The molecule has 0 saturated heterocycles. The van der Waals surface area contributed by atoms with E-state index in [4.69, 9.17) is 0 Å². The van der Waals surface area contributed by atoms with Gasteiger partial charge in [-0.2, -0.15) is 0 Å². The molecule has 1 unspecified atom stereocenters. The summed E-state index contributed by atoms with van der Waals surface area (Å²) in [5, 5.41) is 8.12. The fourth-order valence-corrected chi connectivity index (χ4v) is 2.31. The van der Waals surface area contributed by atoms with Crippen molar-refractivity contribution in [3.63, 3.8) is 0 Å². The molecule has 1 aromatic heterocycles. The van der Waals surface area contributed by atoms with Crippen LogP contribution in [0.1, 0.15) is 18.5 Å². The van der Waals surface area contributed by atoms with Crippen molar-refractivity contribution in [1.82, 2.24) is 15.2 Å². The molecule has 0 amide bonds. The number of para-hydroxylation sites is 1. The lowest BCUT2D eigenvalue weighted by Crippen LogP contribution is -2.29. The molecule has 0 saturated carbocycles. The van der Waals surface area contributed by atoms with E-state index in [-0.39, 0.29) is 0 Å². The quantitative estimate of drug-likeness (QED) is 0.824. The lowest BCUT2D eigenvalue weighted by atomic mass is 10.1. The average Bonchev–Trinajstić information content (AvgIpc) is 2.69. The Bertz CT molecular complexity index is 487. The van der Waals surface area contributed by atoms with Gasteiger partial charge in [0.05, 0.1) is 0 Å². The van der Waals surface area contributed by atoms with Crippen LogP contribution in [0.5, 0.6) is 0 Å². The van der Waals surface area contributed by atoms with Gasteiger partial charge in [-0.3, -0.25) is 0 Å². The van der Waals surface area contributed by atoms with Crippen molar-refractivity contribution < 1.29 is 0 Å². The molecule has 0 fully saturated rings. The third-order valence-corrected chi connectivity index (χ3v) is 3.25. The van der Waals surface area contributed by atoms with E-state index < -0.39 is 0 Å². The smallest absolute Gasteiger partial charge is 0.0481 e. The molecule has 2 rings (SSSR count). The van der Waals surface area contributed by atoms with Crippen molar-refractivity contribution >= 4 is 10.9 Å². The fourth-order valence-electron chi connectivity index (χ4n) is 2.31. The summed E-state index contributed by atoms with van der Waals surface area (Å²) in [7, 11) is 4.12. The van der Waals surface area contributed by atoms with Gasteiger partial charge in [0.1, 0.15) is 0 Å². The summed E-state index contributed by atoms with van der Waals surface area (Å²) in [5.74, 6) is 0. The molecule has 0 bridgehead atoms. The Morgan fingerprint density at radius 2 is 2.06 bits per heavy atom. The van der Waals surface area contributed by atoms with Crippen molar-refractivity contribution in [2.24, 2.45) is 7.05 Å². The molecule has 0 aliphatic rings. The summed E-state index contributed by atoms with van der Waals surface area (Å²) in [5.41, 5.74) is 2.66. The first-order valence-corrected chi connectivity index (χ1v) is 6.19. The molecule has 0 spiro atoms. The van der Waals surface area contributed by atoms with E-state index in [1.165, 1.54) is 16.5 Å². The van der Waals surface area contributed by atoms with E-state index in [0.29, 0.717) is 6.04 Å². The standard InChI is InChI=1S/C14H21N3/c1-4-16-9-13(15-2)12-10-17(3)14-8-6-5-7-11(12)14/h5-8,10,13,15-16H,4,9H2,1-3H3. The predicted molar refractivity (Wildman–Crippen MR) is 73.3 cm³/mol. The summed E-state index contributed by atoms with van der Waals surface area (Å²) >= 11 is 0. The number of hydrogen-bond donors (Lipinski definition) is 2. The molecule has 92 valence electrons. The van der Waals surface area contributed by atoms with Gasteiger partial charge in [-0.05, 0) is 25.2 Å². The summed E-state index contributed by atoms with van der Waals surface area (Å²) in [6.45, 7) is 4.10. The number of fused-ring (bicyclic) bond motifs is 1. The maximum absolute atomic E-state index is 3.40. The molecule has 0 aliphatic heterocycles. The molecule has 2 aromatic rings. The van der Waals surface area contributed by atoms with Gasteiger partial charge in [0.2, 0.25) is 0 Å². The minimum Gasteiger partial charge on any atom is -0.350 e. The van der Waals surface area contributed by atoms with Crippen molar-refractivity contribution in [2.75, 3.05) is 20.1 Å². The molecule has 3 nitrogen and oxygen atoms in total. The van der Waals surface area contributed by atoms with Crippen LogP contribution in [0.2, 0.25) is 0 Å². The second kappa shape index (κ2) is 5.34. The third kappa shape index (κ3) is 2.35. The minimum absolute atomic E-state index is 0.362. The molecule has 0 radical (unpaired) electrons. The molecule has 3 heteroatoms. The Morgan fingerprint density at radius 3 is 2.76 bits per heavy atom. The highest BCUT2D eigenvalue weighted by molar-refractivity contribution is 5.84. The van der Waals surface area contributed by atoms with Crippen LogP contribution >= 0.6 is 0 Å². The highest BCUT2D eigenvalue weighted by atomic mass is 15.0. The molecule has 0 aliphatic carbocycles. The van der Waals surface area contributed by atoms with Gasteiger partial charge in [-0.15, -0.1) is 0 Å². The maximum Gasteiger partial charge on any atom is 0.0481 e. The van der Waals surface area contributed by atoms with Gasteiger partial charge in [0, 0.05) is 36.7 Å². The van der Waals surface area contributed by atoms with Crippen molar-refractivity contribution in [3.05, 3.63) is 36.0 Å². The van der Waals surface area contributed by atoms with Gasteiger partial charge in [0.15, 0.2) is 0 Å². The van der Waals surface area contributed by atoms with Crippen LogP contribution < -0.4 is 10.6 Å². The van der Waals surface area contributed by atoms with Crippen LogP contribution in [0.4, 0.5) is 0 Å². The van der Waals surface area contributed by atoms with Gasteiger partial charge in [-0.1, -0.05) is 25.1 Å². The summed E-state index contributed by atoms with van der Waals surface area (Å²) < 4.78 is 2.20. The molecule has 1 heterocycles. The minimum atomic E-state index is 0.362. The first-order valence-electron chi connectivity index (χ1n) is 6.19. The van der Waals surface area contributed by atoms with E-state index >= 15 is 0 Å². The average molecular weight is 231 g/mol. The number of hydrogen-bond acceptors (Lipinski definition) is 2. The van der Waals surface area contributed by atoms with E-state index in [1.54, 1.807) is 0 Å². The molecular weight excluding hydrogens is 210 g/mol. The van der Waals surface area contributed by atoms with Crippen LogP contribution in [0, 0.1) is 0 Å². The van der Waals surface area contributed by atoms with Crippen LogP contribution in [0.3, 0.4) is 0 Å². The number of benzene rings is 1. The number of nitrogens with zero attached hydrogens (tertiary/aromatic N) is 1. The second-order valence-corrected chi connectivity index (χ2v) is 4.36. The van der Waals surface area contributed by atoms with Crippen molar-refractivity contribution in [1.29, 1.82) is 0 Å². The van der Waals surface area contributed by atoms with Gasteiger partial charge >= 0.3 is 0 Å². The number of aromatic nitrogens is 1. The molecule has 2 N–H and O–H groups in total. The first kappa shape index (κ1) is 12.1. The van der Waals surface area contributed by atoms with Crippen LogP contribution in [0.25, 0.3) is 10.9 Å². The number of nitrogens with one attached hydrogen (secondary N) is 2. The third-order valence-electron chi connectivity index (χ3n) is 3.25. The zero-order chi connectivity index (χ0) is 12.3. The fraction of sp³-hybridized carbons (Fsp3) is 0.429. The molecule has 17 heavy (non-hydrogen) atoms. The maximum atomic E-state index is 3.40. The number of likely N-dealkylation sites (N-methyl/N-ethyl adjacent to an activating group) is 2. The lowest BCUT2D eigenvalue weighted by molar-refractivity contribution is 0.540. The predicted octanol–water partition coefficient (Wildman–Crippen LogP) is 2.05. The van der Waals surface area contributed by atoms with Crippen molar-refractivity contribution in [3.8, 4) is 0 Å². The van der Waals surface area contributed by atoms with Gasteiger partial charge in [-0.25, -0.2) is 0 Å². The van der Waals surface area contributed by atoms with Crippen LogP contribution in [0.15, 0.2) is 30.5 Å². The summed E-state index contributed by atoms with van der Waals surface area (Å²) in [4.78, 5) is 0. The summed E-state index contributed by atoms with van der Waals surface area (Å²) in [6.07, 6.45) is 2.23. The van der Waals surface area contributed by atoms with Crippen LogP contribution in [-0.2, 0) is 7.05 Å². The monoisotopic (exact) mass is 231 g/mol. The Labute approximate surface area is 103 Å². The van der Waals surface area contributed by atoms with E-state index in [1.807, 2.05) is 7.05 Å². The van der Waals surface area contributed by atoms with Crippen LogP contribution in [-0.4, -0.2) is 24.7 Å². The number of rotatable bonds is 5. The Morgan fingerprint density at radius 1 is 1.29 bits per heavy atom. The molecule has 1 aromatic carbocycles. The molecular formula is C14H21N3. The Hall–Kier alpha value is -1.32. The van der Waals surface area contributed by atoms with Gasteiger partial charge < -0.3 is 15.2 Å². The van der Waals surface area contributed by atoms with Crippen molar-refractivity contribution in [2.45, 2.75) is 13.0 Å². The normalized spacial score (nSPS) is 13.1. The Kier molecular flexibility index (Phi) is 3.82. The zero-order valence-corrected chi connectivity index (χ0v) is 10.8. The SMILES string of the molecule is CCNCC(NC)c1cn(C)c2ccccc12. The summed E-state index contributed by atoms with van der Waals surface area (Å²) in [6, 6.07) is 8.91. The number of aryl methyl sites for hydroxylation is 1. The highest BCUT2D eigenvalue weighted by Crippen LogP contribution is 2.25. The lowest BCUT2D eigenvalue weighted by Gasteiger charge is -2.15. The topological polar surface area (TPSA) is 29.0 Å².